The summed E-state index contributed by atoms with van der Waals surface area (Å²) in [7, 11) is 0. The lowest BCUT2D eigenvalue weighted by Crippen LogP contribution is -2.19. The van der Waals surface area contributed by atoms with Gasteiger partial charge in [-0.3, -0.25) is 0 Å². The molecule has 0 bridgehead atoms. The van der Waals surface area contributed by atoms with Gasteiger partial charge >= 0.3 is 0 Å². The van der Waals surface area contributed by atoms with Crippen LogP contribution in [0.2, 0.25) is 0 Å². The minimum atomic E-state index is 0.808. The zero-order chi connectivity index (χ0) is 11.4. The SMILES string of the molecule is C=C(C)CC(CC)CC(C)C(C)C1CN1. The van der Waals surface area contributed by atoms with Gasteiger partial charge in [-0.05, 0) is 37.5 Å². The van der Waals surface area contributed by atoms with Crippen molar-refractivity contribution in [3.05, 3.63) is 12.2 Å². The van der Waals surface area contributed by atoms with Gasteiger partial charge in [0.2, 0.25) is 0 Å². The number of nitrogens with one attached hydrogen (secondary N) is 1. The summed E-state index contributed by atoms with van der Waals surface area (Å²) >= 11 is 0. The maximum atomic E-state index is 4.03. The van der Waals surface area contributed by atoms with Gasteiger partial charge in [-0.15, -0.1) is 6.58 Å². The van der Waals surface area contributed by atoms with Crippen molar-refractivity contribution in [2.24, 2.45) is 17.8 Å². The molecule has 1 heterocycles. The van der Waals surface area contributed by atoms with E-state index in [0.717, 1.165) is 23.8 Å². The van der Waals surface area contributed by atoms with Gasteiger partial charge in [0.1, 0.15) is 0 Å². The third-order valence-corrected chi connectivity index (χ3v) is 3.89. The van der Waals surface area contributed by atoms with Crippen molar-refractivity contribution in [1.29, 1.82) is 0 Å². The molecule has 0 aromatic carbocycles. The molecule has 1 aliphatic heterocycles. The molecule has 0 spiro atoms. The van der Waals surface area contributed by atoms with Crippen LogP contribution in [0.4, 0.5) is 0 Å². The van der Waals surface area contributed by atoms with E-state index in [2.05, 4.69) is 39.6 Å². The molecule has 1 fully saturated rings. The fraction of sp³-hybridized carbons (Fsp3) is 0.857. The van der Waals surface area contributed by atoms with Crippen LogP contribution in [0, 0.1) is 17.8 Å². The molecule has 0 aromatic rings. The third kappa shape index (κ3) is 4.38. The van der Waals surface area contributed by atoms with Crippen LogP contribution < -0.4 is 5.32 Å². The van der Waals surface area contributed by atoms with E-state index >= 15 is 0 Å². The van der Waals surface area contributed by atoms with Crippen LogP contribution in [0.15, 0.2) is 12.2 Å². The van der Waals surface area contributed by atoms with Crippen molar-refractivity contribution in [3.8, 4) is 0 Å². The molecule has 15 heavy (non-hydrogen) atoms. The first-order valence-electron chi connectivity index (χ1n) is 6.42. The zero-order valence-electron chi connectivity index (χ0n) is 10.8. The highest BCUT2D eigenvalue weighted by molar-refractivity contribution is 4.93. The van der Waals surface area contributed by atoms with Crippen LogP contribution in [-0.4, -0.2) is 12.6 Å². The molecule has 1 rings (SSSR count). The van der Waals surface area contributed by atoms with Crippen LogP contribution in [0.3, 0.4) is 0 Å². The van der Waals surface area contributed by atoms with Crippen LogP contribution in [0.25, 0.3) is 0 Å². The first kappa shape index (κ1) is 12.8. The predicted molar refractivity (Wildman–Crippen MR) is 67.9 cm³/mol. The van der Waals surface area contributed by atoms with Gasteiger partial charge in [-0.2, -0.15) is 0 Å². The molecule has 1 saturated heterocycles. The number of hydrogen-bond acceptors (Lipinski definition) is 1. The second kappa shape index (κ2) is 5.69. The topological polar surface area (TPSA) is 21.9 Å². The minimum Gasteiger partial charge on any atom is -0.311 e. The van der Waals surface area contributed by atoms with E-state index < -0.39 is 0 Å². The fourth-order valence-corrected chi connectivity index (χ4v) is 2.46. The van der Waals surface area contributed by atoms with Crippen LogP contribution in [-0.2, 0) is 0 Å². The van der Waals surface area contributed by atoms with E-state index in [1.54, 1.807) is 0 Å². The molecule has 0 aromatic heterocycles. The summed E-state index contributed by atoms with van der Waals surface area (Å²) in [5, 5.41) is 3.43. The molecule has 1 heteroatoms. The van der Waals surface area contributed by atoms with E-state index in [1.807, 2.05) is 0 Å². The van der Waals surface area contributed by atoms with Crippen molar-refractivity contribution >= 4 is 0 Å². The second-order valence-corrected chi connectivity index (χ2v) is 5.52. The Hall–Kier alpha value is -0.300. The average Bonchev–Trinajstić information content (AvgIpc) is 2.97. The second-order valence-electron chi connectivity index (χ2n) is 5.52. The standard InChI is InChI=1S/C14H27N/c1-6-13(7-10(2)3)8-11(4)12(5)14-9-15-14/h11-15H,2,6-9H2,1,3-5H3. The molecule has 1 aliphatic rings. The molecule has 0 saturated carbocycles. The van der Waals surface area contributed by atoms with Crippen molar-refractivity contribution in [2.45, 2.75) is 53.0 Å². The van der Waals surface area contributed by atoms with Crippen molar-refractivity contribution in [2.75, 3.05) is 6.54 Å². The molecule has 4 unspecified atom stereocenters. The molecule has 0 radical (unpaired) electrons. The van der Waals surface area contributed by atoms with Gasteiger partial charge < -0.3 is 5.32 Å². The molecule has 4 atom stereocenters. The maximum absolute atomic E-state index is 4.03. The van der Waals surface area contributed by atoms with Crippen molar-refractivity contribution in [1.82, 2.24) is 5.32 Å². The van der Waals surface area contributed by atoms with Crippen LogP contribution in [0.1, 0.15) is 47.0 Å². The molecular weight excluding hydrogens is 182 g/mol. The van der Waals surface area contributed by atoms with Gasteiger partial charge in [0.05, 0.1) is 0 Å². The van der Waals surface area contributed by atoms with Gasteiger partial charge in [0.15, 0.2) is 0 Å². The Labute approximate surface area is 95.3 Å². The monoisotopic (exact) mass is 209 g/mol. The van der Waals surface area contributed by atoms with E-state index in [1.165, 1.54) is 31.4 Å². The number of hydrogen-bond donors (Lipinski definition) is 1. The van der Waals surface area contributed by atoms with E-state index in [9.17, 15) is 0 Å². The summed E-state index contributed by atoms with van der Waals surface area (Å²) in [5.41, 5.74) is 1.34. The molecule has 0 aliphatic carbocycles. The van der Waals surface area contributed by atoms with Crippen LogP contribution in [0.5, 0.6) is 0 Å². The largest absolute Gasteiger partial charge is 0.311 e. The highest BCUT2D eigenvalue weighted by Gasteiger charge is 2.31. The third-order valence-electron chi connectivity index (χ3n) is 3.89. The van der Waals surface area contributed by atoms with E-state index in [0.29, 0.717) is 0 Å². The van der Waals surface area contributed by atoms with E-state index in [-0.39, 0.29) is 0 Å². The Bertz CT molecular complexity index is 205. The Morgan fingerprint density at radius 2 is 2.07 bits per heavy atom. The quantitative estimate of drug-likeness (QED) is 0.502. The number of rotatable bonds is 7. The number of allylic oxidation sites excluding steroid dienone is 1. The summed E-state index contributed by atoms with van der Waals surface area (Å²) in [6.07, 6.45) is 3.87. The summed E-state index contributed by atoms with van der Waals surface area (Å²) < 4.78 is 0. The molecule has 1 N–H and O–H groups in total. The first-order chi connectivity index (χ1) is 7.04. The van der Waals surface area contributed by atoms with Crippen LogP contribution >= 0.6 is 0 Å². The Balaban J connectivity index is 2.32. The van der Waals surface area contributed by atoms with Gasteiger partial charge in [0.25, 0.3) is 0 Å². The van der Waals surface area contributed by atoms with Gasteiger partial charge in [0, 0.05) is 12.6 Å². The lowest BCUT2D eigenvalue weighted by atomic mass is 9.82. The highest BCUT2D eigenvalue weighted by atomic mass is 15.1. The Morgan fingerprint density at radius 3 is 2.47 bits per heavy atom. The summed E-state index contributed by atoms with van der Waals surface area (Å²) in [5.74, 6) is 2.53. The maximum Gasteiger partial charge on any atom is 0.0221 e. The highest BCUT2D eigenvalue weighted by Crippen LogP contribution is 2.29. The lowest BCUT2D eigenvalue weighted by Gasteiger charge is -2.24. The van der Waals surface area contributed by atoms with Gasteiger partial charge in [-0.25, -0.2) is 0 Å². The predicted octanol–water partition coefficient (Wildman–Crippen LogP) is 3.61. The average molecular weight is 209 g/mol. The summed E-state index contributed by atoms with van der Waals surface area (Å²) in [4.78, 5) is 0. The minimum absolute atomic E-state index is 0.808. The molecule has 1 nitrogen and oxygen atoms in total. The van der Waals surface area contributed by atoms with Crippen molar-refractivity contribution < 1.29 is 0 Å². The lowest BCUT2D eigenvalue weighted by molar-refractivity contribution is 0.292. The summed E-state index contributed by atoms with van der Waals surface area (Å²) in [6, 6.07) is 0.808. The van der Waals surface area contributed by atoms with Crippen molar-refractivity contribution in [3.63, 3.8) is 0 Å². The summed E-state index contributed by atoms with van der Waals surface area (Å²) in [6.45, 7) is 14.5. The molecular formula is C14H27N. The zero-order valence-corrected chi connectivity index (χ0v) is 10.8. The molecule has 88 valence electrons. The fourth-order valence-electron chi connectivity index (χ4n) is 2.46. The smallest absolute Gasteiger partial charge is 0.0221 e. The Morgan fingerprint density at radius 1 is 1.47 bits per heavy atom. The molecule has 0 amide bonds. The van der Waals surface area contributed by atoms with E-state index in [4.69, 9.17) is 0 Å². The first-order valence-corrected chi connectivity index (χ1v) is 6.42. The Kier molecular flexibility index (Phi) is 4.85. The normalized spacial score (nSPS) is 25.7. The van der Waals surface area contributed by atoms with Gasteiger partial charge in [-0.1, -0.05) is 32.8 Å².